The minimum absolute atomic E-state index is 0.590. The van der Waals surface area contributed by atoms with Crippen LogP contribution in [0.2, 0.25) is 0 Å². The molecular weight excluding hydrogens is 225 g/mol. The molecule has 1 aromatic rings. The molecule has 3 rings (SSSR count). The fourth-order valence-electron chi connectivity index (χ4n) is 3.57. The van der Waals surface area contributed by atoms with Crippen LogP contribution in [0.5, 0.6) is 0 Å². The van der Waals surface area contributed by atoms with Gasteiger partial charge in [0.05, 0.1) is 0 Å². The van der Waals surface area contributed by atoms with Crippen molar-refractivity contribution in [2.75, 3.05) is 13.1 Å². The van der Waals surface area contributed by atoms with Crippen LogP contribution in [0.1, 0.15) is 24.8 Å². The molecule has 0 aromatic heterocycles. The minimum atomic E-state index is -1.36. The van der Waals surface area contributed by atoms with Crippen molar-refractivity contribution in [1.29, 1.82) is 0 Å². The van der Waals surface area contributed by atoms with E-state index in [1.165, 1.54) is 37.9 Å². The number of hydrogen-bond acceptors (Lipinski definition) is 3. The molecule has 1 aliphatic heterocycles. The maximum absolute atomic E-state index is 9.18. The largest absolute Gasteiger partial charge is 0.488 e. The third-order valence-corrected chi connectivity index (χ3v) is 4.46. The molecule has 2 fully saturated rings. The van der Waals surface area contributed by atoms with Gasteiger partial charge in [-0.1, -0.05) is 30.7 Å². The van der Waals surface area contributed by atoms with E-state index in [4.69, 9.17) is 0 Å². The van der Waals surface area contributed by atoms with Gasteiger partial charge in [0.2, 0.25) is 0 Å². The van der Waals surface area contributed by atoms with E-state index in [1.807, 2.05) is 12.1 Å². The average Bonchev–Trinajstić information content (AvgIpc) is 2.90. The van der Waals surface area contributed by atoms with Gasteiger partial charge in [0.15, 0.2) is 0 Å². The van der Waals surface area contributed by atoms with Gasteiger partial charge >= 0.3 is 7.12 Å². The Balaban J connectivity index is 1.64. The topological polar surface area (TPSA) is 43.7 Å². The van der Waals surface area contributed by atoms with Gasteiger partial charge in [0.1, 0.15) is 0 Å². The van der Waals surface area contributed by atoms with Crippen LogP contribution in [0.4, 0.5) is 0 Å². The third-order valence-electron chi connectivity index (χ3n) is 4.46. The first-order chi connectivity index (χ1) is 8.72. The Labute approximate surface area is 109 Å². The van der Waals surface area contributed by atoms with Crippen LogP contribution in [-0.2, 0) is 6.54 Å². The van der Waals surface area contributed by atoms with Gasteiger partial charge in [0, 0.05) is 19.6 Å². The first kappa shape index (κ1) is 12.2. The summed E-state index contributed by atoms with van der Waals surface area (Å²) in [6.45, 7) is 3.38. The first-order valence-corrected chi connectivity index (χ1v) is 6.90. The molecule has 1 heterocycles. The summed E-state index contributed by atoms with van der Waals surface area (Å²) >= 11 is 0. The molecule has 0 spiro atoms. The summed E-state index contributed by atoms with van der Waals surface area (Å²) < 4.78 is 0. The molecule has 1 saturated carbocycles. The van der Waals surface area contributed by atoms with Crippen molar-refractivity contribution in [3.05, 3.63) is 29.8 Å². The van der Waals surface area contributed by atoms with Crippen LogP contribution in [-0.4, -0.2) is 35.2 Å². The molecule has 0 radical (unpaired) electrons. The molecule has 96 valence electrons. The number of benzene rings is 1. The molecule has 3 nitrogen and oxygen atoms in total. The summed E-state index contributed by atoms with van der Waals surface area (Å²) in [6.07, 6.45) is 4.21. The zero-order chi connectivity index (χ0) is 12.5. The molecule has 1 aromatic carbocycles. The lowest BCUT2D eigenvalue weighted by atomic mass is 9.79. The molecule has 0 bridgehead atoms. The number of fused-ring (bicyclic) bond motifs is 1. The van der Waals surface area contributed by atoms with Crippen molar-refractivity contribution in [3.63, 3.8) is 0 Å². The van der Waals surface area contributed by atoms with Gasteiger partial charge in [-0.05, 0) is 35.7 Å². The maximum atomic E-state index is 9.18. The van der Waals surface area contributed by atoms with Crippen LogP contribution >= 0.6 is 0 Å². The molecule has 1 saturated heterocycles. The number of likely N-dealkylation sites (tertiary alicyclic amines) is 1. The molecule has 18 heavy (non-hydrogen) atoms. The summed E-state index contributed by atoms with van der Waals surface area (Å²) in [4.78, 5) is 2.51. The lowest BCUT2D eigenvalue weighted by Gasteiger charge is -2.17. The Morgan fingerprint density at radius 2 is 1.89 bits per heavy atom. The van der Waals surface area contributed by atoms with E-state index in [1.54, 1.807) is 6.07 Å². The van der Waals surface area contributed by atoms with Crippen molar-refractivity contribution < 1.29 is 10.0 Å². The van der Waals surface area contributed by atoms with Crippen molar-refractivity contribution in [2.24, 2.45) is 11.8 Å². The number of nitrogens with zero attached hydrogens (tertiary/aromatic N) is 1. The normalized spacial score (nSPS) is 27.4. The standard InChI is InChI=1S/C14H20BNO2/c17-15(18)14-6-1-3-11(7-14)8-16-9-12-4-2-5-13(12)10-16/h1,3,6-7,12-13,17-18H,2,4-5,8-10H2. The summed E-state index contributed by atoms with van der Waals surface area (Å²) in [7, 11) is -1.36. The summed E-state index contributed by atoms with van der Waals surface area (Å²) in [6, 6.07) is 7.63. The second kappa shape index (κ2) is 5.04. The van der Waals surface area contributed by atoms with E-state index < -0.39 is 7.12 Å². The second-order valence-corrected chi connectivity index (χ2v) is 5.76. The lowest BCUT2D eigenvalue weighted by Crippen LogP contribution is -2.30. The zero-order valence-electron chi connectivity index (χ0n) is 10.6. The van der Waals surface area contributed by atoms with Gasteiger partial charge in [-0.3, -0.25) is 4.90 Å². The highest BCUT2D eigenvalue weighted by atomic mass is 16.4. The summed E-state index contributed by atoms with van der Waals surface area (Å²) in [5, 5.41) is 18.4. The zero-order valence-corrected chi connectivity index (χ0v) is 10.6. The van der Waals surface area contributed by atoms with E-state index in [0.717, 1.165) is 18.4 Å². The highest BCUT2D eigenvalue weighted by molar-refractivity contribution is 6.58. The highest BCUT2D eigenvalue weighted by Crippen LogP contribution is 2.38. The van der Waals surface area contributed by atoms with Crippen molar-refractivity contribution >= 4 is 12.6 Å². The van der Waals surface area contributed by atoms with Crippen molar-refractivity contribution in [2.45, 2.75) is 25.8 Å². The molecule has 2 N–H and O–H groups in total. The second-order valence-electron chi connectivity index (χ2n) is 5.76. The van der Waals surface area contributed by atoms with Gasteiger partial charge in [-0.2, -0.15) is 0 Å². The van der Waals surface area contributed by atoms with Gasteiger partial charge in [0.25, 0.3) is 0 Å². The predicted molar refractivity (Wildman–Crippen MR) is 72.4 cm³/mol. The van der Waals surface area contributed by atoms with E-state index in [-0.39, 0.29) is 0 Å². The molecule has 1 aliphatic carbocycles. The van der Waals surface area contributed by atoms with E-state index >= 15 is 0 Å². The van der Waals surface area contributed by atoms with Crippen LogP contribution in [0, 0.1) is 11.8 Å². The summed E-state index contributed by atoms with van der Waals surface area (Å²) in [5.74, 6) is 1.83. The van der Waals surface area contributed by atoms with Crippen LogP contribution in [0.25, 0.3) is 0 Å². The smallest absolute Gasteiger partial charge is 0.423 e. The monoisotopic (exact) mass is 245 g/mol. The Morgan fingerprint density at radius 1 is 1.17 bits per heavy atom. The highest BCUT2D eigenvalue weighted by Gasteiger charge is 2.35. The SMILES string of the molecule is OB(O)c1cccc(CN2CC3CCCC3C2)c1. The molecule has 2 aliphatic rings. The van der Waals surface area contributed by atoms with Crippen LogP contribution < -0.4 is 5.46 Å². The number of rotatable bonds is 3. The van der Waals surface area contributed by atoms with Gasteiger partial charge in [-0.15, -0.1) is 0 Å². The van der Waals surface area contributed by atoms with Crippen molar-refractivity contribution in [3.8, 4) is 0 Å². The van der Waals surface area contributed by atoms with Gasteiger partial charge in [-0.25, -0.2) is 0 Å². The average molecular weight is 245 g/mol. The fourth-order valence-corrected chi connectivity index (χ4v) is 3.57. The third kappa shape index (κ3) is 2.46. The van der Waals surface area contributed by atoms with Crippen LogP contribution in [0.15, 0.2) is 24.3 Å². The molecule has 2 atom stereocenters. The molecular formula is C14H20BNO2. The Bertz CT molecular complexity index is 412. The van der Waals surface area contributed by atoms with E-state index in [0.29, 0.717) is 5.46 Å². The predicted octanol–water partition coefficient (Wildman–Crippen LogP) is 0.598. The first-order valence-electron chi connectivity index (χ1n) is 6.90. The summed E-state index contributed by atoms with van der Waals surface area (Å²) in [5.41, 5.74) is 1.77. The quantitative estimate of drug-likeness (QED) is 0.766. The molecule has 0 amide bonds. The van der Waals surface area contributed by atoms with Crippen LogP contribution in [0.3, 0.4) is 0 Å². The Kier molecular flexibility index (Phi) is 3.42. The Hall–Kier alpha value is -0.835. The molecule has 2 unspecified atom stereocenters. The maximum Gasteiger partial charge on any atom is 0.488 e. The number of hydrogen-bond donors (Lipinski definition) is 2. The van der Waals surface area contributed by atoms with Crippen molar-refractivity contribution in [1.82, 2.24) is 4.90 Å². The van der Waals surface area contributed by atoms with E-state index in [2.05, 4.69) is 11.0 Å². The fraction of sp³-hybridized carbons (Fsp3) is 0.571. The van der Waals surface area contributed by atoms with Gasteiger partial charge < -0.3 is 10.0 Å². The lowest BCUT2D eigenvalue weighted by molar-refractivity contribution is 0.303. The van der Waals surface area contributed by atoms with E-state index in [9.17, 15) is 10.0 Å². The minimum Gasteiger partial charge on any atom is -0.423 e. The molecule has 4 heteroatoms. The Morgan fingerprint density at radius 3 is 2.56 bits per heavy atom.